The Morgan fingerprint density at radius 2 is 2.25 bits per heavy atom. The molecule has 1 amide bonds. The van der Waals surface area contributed by atoms with Gasteiger partial charge in [-0.15, -0.1) is 6.58 Å². The van der Waals surface area contributed by atoms with E-state index in [9.17, 15) is 4.79 Å². The van der Waals surface area contributed by atoms with Gasteiger partial charge >= 0.3 is 0 Å². The van der Waals surface area contributed by atoms with Crippen molar-refractivity contribution in [3.63, 3.8) is 0 Å². The van der Waals surface area contributed by atoms with Crippen molar-refractivity contribution in [2.75, 3.05) is 26.7 Å². The van der Waals surface area contributed by atoms with Crippen molar-refractivity contribution in [1.82, 2.24) is 10.2 Å². The number of benzene rings is 1. The maximum absolute atomic E-state index is 12.2. The fraction of sp³-hybridized carbons (Fsp3) is 0.438. The molecule has 0 aromatic heterocycles. The van der Waals surface area contributed by atoms with E-state index < -0.39 is 0 Å². The van der Waals surface area contributed by atoms with Gasteiger partial charge in [-0.1, -0.05) is 18.2 Å². The van der Waals surface area contributed by atoms with Crippen LogP contribution in [0.3, 0.4) is 0 Å². The van der Waals surface area contributed by atoms with Crippen LogP contribution in [0.1, 0.15) is 24.4 Å². The molecule has 1 atom stereocenters. The van der Waals surface area contributed by atoms with Gasteiger partial charge in [-0.2, -0.15) is 0 Å². The number of ether oxygens (including phenoxy) is 1. The molecule has 4 nitrogen and oxygen atoms in total. The van der Waals surface area contributed by atoms with Gasteiger partial charge in [0, 0.05) is 13.1 Å². The molecule has 1 aliphatic heterocycles. The summed E-state index contributed by atoms with van der Waals surface area (Å²) < 4.78 is 5.17. The van der Waals surface area contributed by atoms with E-state index >= 15 is 0 Å². The van der Waals surface area contributed by atoms with E-state index in [0.29, 0.717) is 13.1 Å². The van der Waals surface area contributed by atoms with Gasteiger partial charge in [-0.25, -0.2) is 0 Å². The summed E-state index contributed by atoms with van der Waals surface area (Å²) >= 11 is 0. The van der Waals surface area contributed by atoms with Crippen molar-refractivity contribution in [2.45, 2.75) is 18.9 Å². The summed E-state index contributed by atoms with van der Waals surface area (Å²) in [5, 5.41) is 3.07. The highest BCUT2D eigenvalue weighted by Crippen LogP contribution is 2.32. The molecule has 0 saturated carbocycles. The number of likely N-dealkylation sites (tertiary alicyclic amines) is 1. The first-order valence-electron chi connectivity index (χ1n) is 7.01. The second kappa shape index (κ2) is 7.10. The van der Waals surface area contributed by atoms with Crippen molar-refractivity contribution in [2.24, 2.45) is 0 Å². The number of amides is 1. The van der Waals surface area contributed by atoms with Gasteiger partial charge in [0.2, 0.25) is 5.91 Å². The molecule has 1 heterocycles. The van der Waals surface area contributed by atoms with Crippen LogP contribution in [0.15, 0.2) is 36.9 Å². The largest absolute Gasteiger partial charge is 0.497 e. The van der Waals surface area contributed by atoms with Gasteiger partial charge in [0.25, 0.3) is 0 Å². The topological polar surface area (TPSA) is 41.6 Å². The van der Waals surface area contributed by atoms with Gasteiger partial charge in [0.1, 0.15) is 5.75 Å². The normalized spacial score (nSPS) is 18.1. The lowest BCUT2D eigenvalue weighted by Crippen LogP contribution is -2.37. The van der Waals surface area contributed by atoms with E-state index in [-0.39, 0.29) is 11.9 Å². The van der Waals surface area contributed by atoms with Gasteiger partial charge in [0.05, 0.1) is 19.7 Å². The molecule has 0 radical (unpaired) electrons. The smallest absolute Gasteiger partial charge is 0.237 e. The number of methoxy groups -OCH3 is 1. The molecule has 1 saturated heterocycles. The summed E-state index contributed by atoms with van der Waals surface area (Å²) in [7, 11) is 1.66. The zero-order valence-corrected chi connectivity index (χ0v) is 12.0. The average molecular weight is 274 g/mol. The minimum atomic E-state index is 0.158. The Hall–Kier alpha value is -1.81. The fourth-order valence-corrected chi connectivity index (χ4v) is 2.62. The first-order chi connectivity index (χ1) is 9.76. The SMILES string of the molecule is C=CCNCC(=O)N1CCCC1c1ccc(OC)cc1. The minimum Gasteiger partial charge on any atom is -0.497 e. The lowest BCUT2D eigenvalue weighted by atomic mass is 10.0. The van der Waals surface area contributed by atoms with Crippen LogP contribution in [0.4, 0.5) is 0 Å². The Balaban J connectivity index is 2.02. The third kappa shape index (κ3) is 3.39. The molecular weight excluding hydrogens is 252 g/mol. The molecule has 20 heavy (non-hydrogen) atoms. The quantitative estimate of drug-likeness (QED) is 0.638. The van der Waals surface area contributed by atoms with Gasteiger partial charge in [0.15, 0.2) is 0 Å². The monoisotopic (exact) mass is 274 g/mol. The molecule has 1 aromatic carbocycles. The van der Waals surface area contributed by atoms with Crippen molar-refractivity contribution < 1.29 is 9.53 Å². The highest BCUT2D eigenvalue weighted by Gasteiger charge is 2.29. The van der Waals surface area contributed by atoms with E-state index in [0.717, 1.165) is 25.1 Å². The Kier molecular flexibility index (Phi) is 5.18. The van der Waals surface area contributed by atoms with Crippen molar-refractivity contribution in [3.05, 3.63) is 42.5 Å². The number of rotatable bonds is 6. The van der Waals surface area contributed by atoms with Crippen molar-refractivity contribution in [1.29, 1.82) is 0 Å². The van der Waals surface area contributed by atoms with Crippen LogP contribution in [-0.4, -0.2) is 37.6 Å². The van der Waals surface area contributed by atoms with Crippen LogP contribution in [-0.2, 0) is 4.79 Å². The number of carbonyl (C=O) groups excluding carboxylic acids is 1. The van der Waals surface area contributed by atoms with Crippen LogP contribution in [0.25, 0.3) is 0 Å². The molecule has 1 aliphatic rings. The van der Waals surface area contributed by atoms with Crippen LogP contribution in [0, 0.1) is 0 Å². The Morgan fingerprint density at radius 3 is 2.90 bits per heavy atom. The zero-order valence-electron chi connectivity index (χ0n) is 12.0. The van der Waals surface area contributed by atoms with Crippen LogP contribution < -0.4 is 10.1 Å². The molecule has 108 valence electrons. The number of hydrogen-bond acceptors (Lipinski definition) is 3. The zero-order chi connectivity index (χ0) is 14.4. The van der Waals surface area contributed by atoms with Gasteiger partial charge in [-0.05, 0) is 30.5 Å². The Morgan fingerprint density at radius 1 is 1.50 bits per heavy atom. The van der Waals surface area contributed by atoms with Crippen molar-refractivity contribution in [3.8, 4) is 5.75 Å². The summed E-state index contributed by atoms with van der Waals surface area (Å²) in [6, 6.07) is 8.19. The molecule has 1 N–H and O–H groups in total. The molecule has 0 spiro atoms. The molecule has 1 fully saturated rings. The molecule has 0 bridgehead atoms. The Labute approximate surface area is 120 Å². The summed E-state index contributed by atoms with van der Waals surface area (Å²) in [5.41, 5.74) is 1.18. The Bertz CT molecular complexity index is 456. The van der Waals surface area contributed by atoms with Gasteiger partial charge in [-0.3, -0.25) is 4.79 Å². The summed E-state index contributed by atoms with van der Waals surface area (Å²) in [6.07, 6.45) is 3.85. The van der Waals surface area contributed by atoms with E-state index in [2.05, 4.69) is 11.9 Å². The van der Waals surface area contributed by atoms with E-state index in [4.69, 9.17) is 4.74 Å². The molecule has 4 heteroatoms. The summed E-state index contributed by atoms with van der Waals surface area (Å²) in [5.74, 6) is 1.00. The summed E-state index contributed by atoms with van der Waals surface area (Å²) in [6.45, 7) is 5.51. The lowest BCUT2D eigenvalue weighted by molar-refractivity contribution is -0.131. The fourth-order valence-electron chi connectivity index (χ4n) is 2.62. The molecule has 1 unspecified atom stereocenters. The third-order valence-corrected chi connectivity index (χ3v) is 3.64. The average Bonchev–Trinajstić information content (AvgIpc) is 2.97. The summed E-state index contributed by atoms with van der Waals surface area (Å²) in [4.78, 5) is 14.2. The van der Waals surface area contributed by atoms with Crippen LogP contribution >= 0.6 is 0 Å². The molecule has 0 aliphatic carbocycles. The molecular formula is C16H22N2O2. The molecule has 2 rings (SSSR count). The van der Waals surface area contributed by atoms with E-state index in [1.165, 1.54) is 5.56 Å². The number of hydrogen-bond donors (Lipinski definition) is 1. The minimum absolute atomic E-state index is 0.158. The van der Waals surface area contributed by atoms with Crippen LogP contribution in [0.2, 0.25) is 0 Å². The maximum Gasteiger partial charge on any atom is 0.237 e. The second-order valence-electron chi connectivity index (χ2n) is 4.94. The number of nitrogens with zero attached hydrogens (tertiary/aromatic N) is 1. The predicted octanol–water partition coefficient (Wildman–Crippen LogP) is 2.13. The van der Waals surface area contributed by atoms with E-state index in [1.54, 1.807) is 13.2 Å². The van der Waals surface area contributed by atoms with E-state index in [1.807, 2.05) is 29.2 Å². The van der Waals surface area contributed by atoms with Crippen LogP contribution in [0.5, 0.6) is 5.75 Å². The predicted molar refractivity (Wildman–Crippen MR) is 79.7 cm³/mol. The first kappa shape index (κ1) is 14.6. The number of carbonyl (C=O) groups is 1. The second-order valence-corrected chi connectivity index (χ2v) is 4.94. The first-order valence-corrected chi connectivity index (χ1v) is 7.01. The standard InChI is InChI=1S/C16H22N2O2/c1-3-10-17-12-16(19)18-11-4-5-15(18)13-6-8-14(20-2)9-7-13/h3,6-9,15,17H,1,4-5,10-12H2,2H3. The maximum atomic E-state index is 12.2. The molecule has 1 aromatic rings. The third-order valence-electron chi connectivity index (χ3n) is 3.64. The van der Waals surface area contributed by atoms with Gasteiger partial charge < -0.3 is 15.0 Å². The lowest BCUT2D eigenvalue weighted by Gasteiger charge is -2.25. The van der Waals surface area contributed by atoms with Crippen molar-refractivity contribution >= 4 is 5.91 Å². The highest BCUT2D eigenvalue weighted by molar-refractivity contribution is 5.79. The number of nitrogens with one attached hydrogen (secondary N) is 1. The highest BCUT2D eigenvalue weighted by atomic mass is 16.5.